The smallest absolute Gasteiger partial charge is 0.178 e. The lowest BCUT2D eigenvalue weighted by atomic mass is 9.52. The number of rotatable bonds is 1. The van der Waals surface area contributed by atoms with Gasteiger partial charge in [0.05, 0.1) is 5.57 Å². The summed E-state index contributed by atoms with van der Waals surface area (Å²) in [4.78, 5) is 15.3. The van der Waals surface area contributed by atoms with E-state index in [4.69, 9.17) is 0 Å². The van der Waals surface area contributed by atoms with Crippen LogP contribution in [0.5, 0.6) is 0 Å². The first-order valence-electron chi connectivity index (χ1n) is 9.84. The van der Waals surface area contributed by atoms with Crippen LogP contribution in [0, 0.1) is 28.1 Å². The Labute approximate surface area is 156 Å². The quantitative estimate of drug-likeness (QED) is 0.761. The van der Waals surface area contributed by atoms with Gasteiger partial charge in [0.2, 0.25) is 0 Å². The van der Waals surface area contributed by atoms with Gasteiger partial charge >= 0.3 is 0 Å². The standard InChI is InChI=1S/C23H28N2O/c1-22(2)20-9-8-19(13-23(20,3)12-18(14-24)21(22)26)25-11-10-16-6-4-5-7-17(16)15-25/h4-7,12,19-20H,8-11,13,15H2,1-3H3/t19-,20-,23+/m0/s1. The molecule has 1 fully saturated rings. The largest absolute Gasteiger partial charge is 0.296 e. The molecule has 1 heterocycles. The van der Waals surface area contributed by atoms with E-state index in [2.05, 4.69) is 42.2 Å². The minimum atomic E-state index is -0.436. The minimum absolute atomic E-state index is 0.0350. The maximum absolute atomic E-state index is 12.7. The van der Waals surface area contributed by atoms with Crippen LogP contribution in [-0.2, 0) is 17.8 Å². The van der Waals surface area contributed by atoms with Crippen molar-refractivity contribution in [3.8, 4) is 6.07 Å². The van der Waals surface area contributed by atoms with E-state index in [0.29, 0.717) is 17.5 Å². The molecule has 2 aliphatic carbocycles. The molecule has 0 bridgehead atoms. The van der Waals surface area contributed by atoms with Crippen LogP contribution in [0.1, 0.15) is 51.2 Å². The van der Waals surface area contributed by atoms with Crippen LogP contribution in [0.25, 0.3) is 0 Å². The first-order chi connectivity index (χ1) is 12.3. The summed E-state index contributed by atoms with van der Waals surface area (Å²) in [5.41, 5.74) is 2.81. The third kappa shape index (κ3) is 2.63. The monoisotopic (exact) mass is 348 g/mol. The van der Waals surface area contributed by atoms with Crippen molar-refractivity contribution in [1.82, 2.24) is 4.90 Å². The summed E-state index contributed by atoms with van der Waals surface area (Å²) in [6.45, 7) is 8.49. The van der Waals surface area contributed by atoms with E-state index in [1.54, 1.807) is 0 Å². The fraction of sp³-hybridized carbons (Fsp3) is 0.565. The molecule has 1 aromatic rings. The lowest BCUT2D eigenvalue weighted by Gasteiger charge is -2.54. The van der Waals surface area contributed by atoms with Crippen LogP contribution in [0.15, 0.2) is 35.9 Å². The Balaban J connectivity index is 1.60. The van der Waals surface area contributed by atoms with Crippen molar-refractivity contribution in [3.63, 3.8) is 0 Å². The van der Waals surface area contributed by atoms with E-state index < -0.39 is 5.41 Å². The lowest BCUT2D eigenvalue weighted by Crippen LogP contribution is -2.53. The second-order valence-corrected chi connectivity index (χ2v) is 9.20. The maximum atomic E-state index is 12.7. The Kier molecular flexibility index (Phi) is 4.08. The molecule has 3 atom stereocenters. The van der Waals surface area contributed by atoms with Crippen molar-refractivity contribution in [2.24, 2.45) is 16.7 Å². The third-order valence-electron chi connectivity index (χ3n) is 7.23. The molecule has 4 rings (SSSR count). The Morgan fingerprint density at radius 3 is 2.62 bits per heavy atom. The molecule has 0 radical (unpaired) electrons. The SMILES string of the molecule is CC1(C)C(=O)C(C#N)=C[C@]2(C)C[C@@H](N3CCc4ccccc4C3)CC[C@@H]12. The molecule has 1 saturated carbocycles. The van der Waals surface area contributed by atoms with Gasteiger partial charge in [0.15, 0.2) is 5.78 Å². The Morgan fingerprint density at radius 2 is 1.88 bits per heavy atom. The number of allylic oxidation sites excluding steroid dienone is 2. The molecule has 0 saturated heterocycles. The zero-order valence-corrected chi connectivity index (χ0v) is 16.1. The Hall–Kier alpha value is -1.92. The zero-order valence-electron chi connectivity index (χ0n) is 16.1. The minimum Gasteiger partial charge on any atom is -0.296 e. The molecular formula is C23H28N2O. The van der Waals surface area contributed by atoms with Crippen LogP contribution in [-0.4, -0.2) is 23.3 Å². The third-order valence-corrected chi connectivity index (χ3v) is 7.23. The summed E-state index contributed by atoms with van der Waals surface area (Å²) >= 11 is 0. The fourth-order valence-corrected chi connectivity index (χ4v) is 5.91. The number of fused-ring (bicyclic) bond motifs is 2. The molecule has 26 heavy (non-hydrogen) atoms. The van der Waals surface area contributed by atoms with Crippen LogP contribution >= 0.6 is 0 Å². The van der Waals surface area contributed by atoms with Crippen molar-refractivity contribution in [2.75, 3.05) is 6.54 Å². The Morgan fingerprint density at radius 1 is 1.15 bits per heavy atom. The number of hydrogen-bond donors (Lipinski definition) is 0. The molecule has 0 spiro atoms. The van der Waals surface area contributed by atoms with Gasteiger partial charge in [-0.25, -0.2) is 0 Å². The summed E-state index contributed by atoms with van der Waals surface area (Å²) in [5, 5.41) is 9.47. The van der Waals surface area contributed by atoms with Crippen molar-refractivity contribution in [1.29, 1.82) is 5.26 Å². The van der Waals surface area contributed by atoms with Gasteiger partial charge in [0, 0.05) is 24.5 Å². The molecule has 3 heteroatoms. The number of carbonyl (C=O) groups excluding carboxylic acids is 1. The first kappa shape index (κ1) is 17.5. The molecule has 0 aromatic heterocycles. The highest BCUT2D eigenvalue weighted by Gasteiger charge is 2.54. The molecule has 1 aromatic carbocycles. The number of carbonyl (C=O) groups is 1. The van der Waals surface area contributed by atoms with Crippen LogP contribution < -0.4 is 0 Å². The number of nitrogens with zero attached hydrogens (tertiary/aromatic N) is 2. The van der Waals surface area contributed by atoms with E-state index in [9.17, 15) is 10.1 Å². The first-order valence-corrected chi connectivity index (χ1v) is 9.84. The lowest BCUT2D eigenvalue weighted by molar-refractivity contribution is -0.132. The van der Waals surface area contributed by atoms with E-state index in [1.807, 2.05) is 19.9 Å². The van der Waals surface area contributed by atoms with Gasteiger partial charge < -0.3 is 0 Å². The number of benzene rings is 1. The molecule has 3 aliphatic rings. The van der Waals surface area contributed by atoms with E-state index in [0.717, 1.165) is 38.8 Å². The predicted octanol–water partition coefficient (Wildman–Crippen LogP) is 4.28. The summed E-state index contributed by atoms with van der Waals surface area (Å²) in [7, 11) is 0. The van der Waals surface area contributed by atoms with Crippen LogP contribution in [0.3, 0.4) is 0 Å². The zero-order chi connectivity index (χ0) is 18.5. The van der Waals surface area contributed by atoms with Crippen LogP contribution in [0.2, 0.25) is 0 Å². The predicted molar refractivity (Wildman–Crippen MR) is 102 cm³/mol. The fourth-order valence-electron chi connectivity index (χ4n) is 5.91. The normalized spacial score (nSPS) is 33.6. The van der Waals surface area contributed by atoms with Gasteiger partial charge in [-0.15, -0.1) is 0 Å². The van der Waals surface area contributed by atoms with Gasteiger partial charge in [0.1, 0.15) is 6.07 Å². The van der Waals surface area contributed by atoms with E-state index in [1.165, 1.54) is 11.1 Å². The number of Topliss-reactive ketones (excluding diaryl/α,β-unsaturated/α-hetero) is 1. The Bertz CT molecular complexity index is 816. The summed E-state index contributed by atoms with van der Waals surface area (Å²) in [5.74, 6) is 0.362. The van der Waals surface area contributed by atoms with Gasteiger partial charge in [-0.1, -0.05) is 51.1 Å². The molecular weight excluding hydrogens is 320 g/mol. The van der Waals surface area contributed by atoms with Crippen molar-refractivity contribution < 1.29 is 4.79 Å². The van der Waals surface area contributed by atoms with Crippen LogP contribution in [0.4, 0.5) is 0 Å². The topological polar surface area (TPSA) is 44.1 Å². The molecule has 1 aliphatic heterocycles. The summed E-state index contributed by atoms with van der Waals surface area (Å²) in [6.07, 6.45) is 6.38. The number of ketones is 1. The van der Waals surface area contributed by atoms with Crippen molar-refractivity contribution in [2.45, 2.75) is 59.0 Å². The van der Waals surface area contributed by atoms with E-state index >= 15 is 0 Å². The van der Waals surface area contributed by atoms with Gasteiger partial charge in [-0.2, -0.15) is 5.26 Å². The highest BCUT2D eigenvalue weighted by Crippen LogP contribution is 2.55. The molecule has 0 N–H and O–H groups in total. The second kappa shape index (κ2) is 6.06. The van der Waals surface area contributed by atoms with Crippen molar-refractivity contribution >= 4 is 5.78 Å². The highest BCUT2D eigenvalue weighted by molar-refractivity contribution is 6.04. The highest BCUT2D eigenvalue weighted by atomic mass is 16.1. The molecule has 0 amide bonds. The molecule has 3 nitrogen and oxygen atoms in total. The maximum Gasteiger partial charge on any atom is 0.178 e. The molecule has 0 unspecified atom stereocenters. The van der Waals surface area contributed by atoms with Crippen molar-refractivity contribution in [3.05, 3.63) is 47.0 Å². The second-order valence-electron chi connectivity index (χ2n) is 9.20. The average molecular weight is 348 g/mol. The van der Waals surface area contributed by atoms with Gasteiger partial charge in [-0.3, -0.25) is 9.69 Å². The van der Waals surface area contributed by atoms with E-state index in [-0.39, 0.29) is 11.2 Å². The summed E-state index contributed by atoms with van der Waals surface area (Å²) in [6, 6.07) is 11.5. The van der Waals surface area contributed by atoms with Gasteiger partial charge in [0.25, 0.3) is 0 Å². The number of hydrogen-bond acceptors (Lipinski definition) is 3. The summed E-state index contributed by atoms with van der Waals surface area (Å²) < 4.78 is 0. The van der Waals surface area contributed by atoms with Gasteiger partial charge in [-0.05, 0) is 48.1 Å². The average Bonchev–Trinajstić information content (AvgIpc) is 2.64. The number of nitriles is 1. The molecule has 136 valence electrons.